The maximum atomic E-state index is 11.9. The van der Waals surface area contributed by atoms with E-state index in [1.807, 2.05) is 24.4 Å². The van der Waals surface area contributed by atoms with Crippen LogP contribution in [0.1, 0.15) is 24.5 Å². The lowest BCUT2D eigenvalue weighted by Gasteiger charge is -2.23. The number of aliphatic imine (C=N–C) groups is 1. The quantitative estimate of drug-likeness (QED) is 0.419. The van der Waals surface area contributed by atoms with Gasteiger partial charge < -0.3 is 25.5 Å². The van der Waals surface area contributed by atoms with Crippen LogP contribution in [0.4, 0.5) is 0 Å². The molecule has 2 aromatic heterocycles. The number of hydrogen-bond donors (Lipinski definition) is 4. The highest BCUT2D eigenvalue weighted by Crippen LogP contribution is 2.24. The van der Waals surface area contributed by atoms with E-state index in [-0.39, 0.29) is 19.0 Å². The molecule has 1 atom stereocenters. The van der Waals surface area contributed by atoms with E-state index in [1.54, 1.807) is 25.3 Å². The fourth-order valence-electron chi connectivity index (χ4n) is 2.08. The molecule has 1 unspecified atom stereocenters. The van der Waals surface area contributed by atoms with Gasteiger partial charge in [0, 0.05) is 11.4 Å². The molecule has 4 N–H and O–H groups in total. The molecule has 0 fully saturated rings. The SMILES string of the molecule is CCNC(=NCC(=O)NCc1ccco1)NCC(C)(O)c1cccs1. The van der Waals surface area contributed by atoms with Gasteiger partial charge in [-0.25, -0.2) is 4.99 Å². The minimum absolute atomic E-state index is 0.0167. The molecule has 25 heavy (non-hydrogen) atoms. The Morgan fingerprint density at radius 2 is 2.16 bits per heavy atom. The molecule has 0 aliphatic carbocycles. The fourth-order valence-corrected chi connectivity index (χ4v) is 2.86. The van der Waals surface area contributed by atoms with Crippen molar-refractivity contribution in [2.24, 2.45) is 4.99 Å². The summed E-state index contributed by atoms with van der Waals surface area (Å²) in [6.07, 6.45) is 1.56. The topological polar surface area (TPSA) is 98.9 Å². The minimum Gasteiger partial charge on any atom is -0.467 e. The molecule has 0 aromatic carbocycles. The zero-order valence-corrected chi connectivity index (χ0v) is 15.2. The van der Waals surface area contributed by atoms with Gasteiger partial charge in [0.1, 0.15) is 17.9 Å². The van der Waals surface area contributed by atoms with Crippen LogP contribution in [-0.2, 0) is 16.9 Å². The first-order valence-corrected chi connectivity index (χ1v) is 8.97. The first-order chi connectivity index (χ1) is 12.0. The molecule has 0 spiro atoms. The van der Waals surface area contributed by atoms with Gasteiger partial charge in [0.2, 0.25) is 5.91 Å². The number of nitrogens with one attached hydrogen (secondary N) is 3. The highest BCUT2D eigenvalue weighted by atomic mass is 32.1. The lowest BCUT2D eigenvalue weighted by molar-refractivity contribution is -0.119. The molecule has 8 heteroatoms. The fraction of sp³-hybridized carbons (Fsp3) is 0.412. The van der Waals surface area contributed by atoms with Crippen LogP contribution in [0.2, 0.25) is 0 Å². The summed E-state index contributed by atoms with van der Waals surface area (Å²) >= 11 is 1.50. The summed E-state index contributed by atoms with van der Waals surface area (Å²) in [7, 11) is 0. The molecule has 2 rings (SSSR count). The van der Waals surface area contributed by atoms with Crippen LogP contribution in [0.25, 0.3) is 0 Å². The van der Waals surface area contributed by atoms with Gasteiger partial charge in [-0.3, -0.25) is 4.79 Å². The molecule has 0 saturated carbocycles. The van der Waals surface area contributed by atoms with Crippen molar-refractivity contribution < 1.29 is 14.3 Å². The van der Waals surface area contributed by atoms with Crippen LogP contribution in [0, 0.1) is 0 Å². The van der Waals surface area contributed by atoms with Crippen LogP contribution >= 0.6 is 11.3 Å². The van der Waals surface area contributed by atoms with E-state index in [0.29, 0.717) is 24.8 Å². The van der Waals surface area contributed by atoms with E-state index >= 15 is 0 Å². The number of amides is 1. The van der Waals surface area contributed by atoms with Gasteiger partial charge in [-0.15, -0.1) is 11.3 Å². The van der Waals surface area contributed by atoms with Crippen molar-refractivity contribution in [2.75, 3.05) is 19.6 Å². The van der Waals surface area contributed by atoms with E-state index in [1.165, 1.54) is 11.3 Å². The molecule has 0 bridgehead atoms. The average molecular weight is 364 g/mol. The van der Waals surface area contributed by atoms with Gasteiger partial charge in [0.15, 0.2) is 5.96 Å². The molecular weight excluding hydrogens is 340 g/mol. The molecular formula is C17H24N4O3S. The Kier molecular flexibility index (Phi) is 7.03. The number of guanidine groups is 1. The predicted molar refractivity (Wildman–Crippen MR) is 98.4 cm³/mol. The number of rotatable bonds is 8. The number of hydrogen-bond acceptors (Lipinski definition) is 5. The van der Waals surface area contributed by atoms with Crippen molar-refractivity contribution >= 4 is 23.2 Å². The van der Waals surface area contributed by atoms with Gasteiger partial charge in [-0.2, -0.15) is 0 Å². The van der Waals surface area contributed by atoms with E-state index in [0.717, 1.165) is 4.88 Å². The van der Waals surface area contributed by atoms with E-state index in [2.05, 4.69) is 20.9 Å². The third-order valence-electron chi connectivity index (χ3n) is 3.42. The summed E-state index contributed by atoms with van der Waals surface area (Å²) in [6, 6.07) is 7.35. The molecule has 1 amide bonds. The molecule has 2 aromatic rings. The maximum Gasteiger partial charge on any atom is 0.242 e. The van der Waals surface area contributed by atoms with E-state index < -0.39 is 5.60 Å². The Labute approximate surface area is 151 Å². The Morgan fingerprint density at radius 3 is 2.80 bits per heavy atom. The Morgan fingerprint density at radius 1 is 1.32 bits per heavy atom. The highest BCUT2D eigenvalue weighted by molar-refractivity contribution is 7.10. The molecule has 2 heterocycles. The Bertz CT molecular complexity index is 666. The summed E-state index contributed by atoms with van der Waals surface area (Å²) in [5.74, 6) is 0.959. The molecule has 7 nitrogen and oxygen atoms in total. The van der Waals surface area contributed by atoms with Crippen molar-refractivity contribution in [3.05, 3.63) is 46.5 Å². The number of furan rings is 1. The zero-order chi connectivity index (χ0) is 18.1. The van der Waals surface area contributed by atoms with Crippen LogP contribution in [0.5, 0.6) is 0 Å². The molecule has 0 saturated heterocycles. The first kappa shape index (κ1) is 19.0. The second kappa shape index (κ2) is 9.24. The van der Waals surface area contributed by atoms with Crippen LogP contribution in [0.3, 0.4) is 0 Å². The summed E-state index contributed by atoms with van der Waals surface area (Å²) in [5, 5.41) is 21.3. The van der Waals surface area contributed by atoms with E-state index in [4.69, 9.17) is 4.42 Å². The predicted octanol–water partition coefficient (Wildman–Crippen LogP) is 1.42. The number of thiophene rings is 1. The summed E-state index contributed by atoms with van der Waals surface area (Å²) in [4.78, 5) is 17.0. The number of carbonyl (C=O) groups excluding carboxylic acids is 1. The summed E-state index contributed by atoms with van der Waals surface area (Å²) in [5.41, 5.74) is -1.01. The standard InChI is InChI=1S/C17H24N4O3S/c1-3-18-16(21-12-17(2,23)14-7-5-9-25-14)20-11-15(22)19-10-13-6-4-8-24-13/h4-9,23H,3,10-12H2,1-2H3,(H,19,22)(H2,18,20,21). The second-order valence-corrected chi connectivity index (χ2v) is 6.60. The van der Waals surface area contributed by atoms with Gasteiger partial charge in [0.05, 0.1) is 19.4 Å². The largest absolute Gasteiger partial charge is 0.467 e. The smallest absolute Gasteiger partial charge is 0.242 e. The van der Waals surface area contributed by atoms with Crippen LogP contribution < -0.4 is 16.0 Å². The molecule has 0 radical (unpaired) electrons. The molecule has 136 valence electrons. The number of nitrogens with zero attached hydrogens (tertiary/aromatic N) is 1. The molecule has 0 aliphatic rings. The zero-order valence-electron chi connectivity index (χ0n) is 14.4. The van der Waals surface area contributed by atoms with E-state index in [9.17, 15) is 9.90 Å². The van der Waals surface area contributed by atoms with Gasteiger partial charge in [0.25, 0.3) is 0 Å². The second-order valence-electron chi connectivity index (χ2n) is 5.66. The van der Waals surface area contributed by atoms with Gasteiger partial charge in [-0.05, 0) is 37.4 Å². The lowest BCUT2D eigenvalue weighted by Crippen LogP contribution is -2.44. The maximum absolute atomic E-state index is 11.9. The molecule has 0 aliphatic heterocycles. The normalized spacial score (nSPS) is 14.0. The summed E-state index contributed by atoms with van der Waals surface area (Å²) < 4.78 is 5.16. The average Bonchev–Trinajstić information content (AvgIpc) is 3.29. The van der Waals surface area contributed by atoms with Crippen LogP contribution in [-0.4, -0.2) is 36.6 Å². The third kappa shape index (κ3) is 6.24. The highest BCUT2D eigenvalue weighted by Gasteiger charge is 2.24. The monoisotopic (exact) mass is 364 g/mol. The van der Waals surface area contributed by atoms with Crippen molar-refractivity contribution in [2.45, 2.75) is 26.0 Å². The Hall–Kier alpha value is -2.32. The number of aliphatic hydroxyl groups is 1. The van der Waals surface area contributed by atoms with Gasteiger partial charge >= 0.3 is 0 Å². The van der Waals surface area contributed by atoms with Gasteiger partial charge in [-0.1, -0.05) is 6.07 Å². The van der Waals surface area contributed by atoms with Crippen molar-refractivity contribution in [3.8, 4) is 0 Å². The van der Waals surface area contributed by atoms with Crippen molar-refractivity contribution in [3.63, 3.8) is 0 Å². The third-order valence-corrected chi connectivity index (χ3v) is 4.54. The number of carbonyl (C=O) groups is 1. The Balaban J connectivity index is 1.84. The van der Waals surface area contributed by atoms with Crippen molar-refractivity contribution in [1.82, 2.24) is 16.0 Å². The first-order valence-electron chi connectivity index (χ1n) is 8.09. The van der Waals surface area contributed by atoms with Crippen molar-refractivity contribution in [1.29, 1.82) is 0 Å². The summed E-state index contributed by atoms with van der Waals surface area (Å²) in [6.45, 7) is 4.93. The lowest BCUT2D eigenvalue weighted by atomic mass is 10.1. The minimum atomic E-state index is -1.01. The van der Waals surface area contributed by atoms with Crippen LogP contribution in [0.15, 0.2) is 45.3 Å².